The molecule has 19 heavy (non-hydrogen) atoms. The Labute approximate surface area is 111 Å². The quantitative estimate of drug-likeness (QED) is 0.663. The van der Waals surface area contributed by atoms with Gasteiger partial charge in [-0.2, -0.15) is 10.5 Å². The van der Waals surface area contributed by atoms with Crippen LogP contribution in [0.25, 0.3) is 5.70 Å². The molecule has 98 valence electrons. The van der Waals surface area contributed by atoms with Gasteiger partial charge in [-0.1, -0.05) is 18.2 Å². The van der Waals surface area contributed by atoms with Crippen molar-refractivity contribution in [3.8, 4) is 12.1 Å². The Hall–Kier alpha value is -2.34. The molecule has 1 aromatic rings. The molecule has 0 amide bonds. The minimum Gasteiger partial charge on any atom is -0.397 e. The SMILES string of the molecule is N#CC(C#N)=C(N)c1cccc(CCO)c1CCO. The van der Waals surface area contributed by atoms with Crippen LogP contribution in [-0.2, 0) is 12.8 Å². The molecular formula is C14H15N3O2. The second-order valence-corrected chi connectivity index (χ2v) is 3.90. The van der Waals surface area contributed by atoms with Crippen molar-refractivity contribution >= 4 is 5.70 Å². The lowest BCUT2D eigenvalue weighted by atomic mass is 9.93. The number of hydrogen-bond acceptors (Lipinski definition) is 5. The first-order valence-corrected chi connectivity index (χ1v) is 5.82. The van der Waals surface area contributed by atoms with E-state index in [-0.39, 0.29) is 24.5 Å². The number of nitriles is 2. The summed E-state index contributed by atoms with van der Waals surface area (Å²) in [6, 6.07) is 8.79. The van der Waals surface area contributed by atoms with Gasteiger partial charge in [-0.15, -0.1) is 0 Å². The van der Waals surface area contributed by atoms with E-state index in [1.807, 2.05) is 6.07 Å². The minimum absolute atomic E-state index is 0.0190. The molecule has 0 saturated heterocycles. The minimum atomic E-state index is -0.152. The smallest absolute Gasteiger partial charge is 0.153 e. The molecule has 5 nitrogen and oxygen atoms in total. The number of aliphatic hydroxyl groups excluding tert-OH is 2. The third-order valence-corrected chi connectivity index (χ3v) is 2.80. The van der Waals surface area contributed by atoms with Gasteiger partial charge in [-0.25, -0.2) is 0 Å². The van der Waals surface area contributed by atoms with Crippen molar-refractivity contribution in [3.05, 3.63) is 40.5 Å². The molecule has 0 bridgehead atoms. The highest BCUT2D eigenvalue weighted by molar-refractivity contribution is 5.75. The summed E-state index contributed by atoms with van der Waals surface area (Å²) in [7, 11) is 0. The average molecular weight is 257 g/mol. The summed E-state index contributed by atoms with van der Waals surface area (Å²) >= 11 is 0. The molecule has 5 heteroatoms. The fourth-order valence-electron chi connectivity index (χ4n) is 1.93. The molecular weight excluding hydrogens is 242 g/mol. The highest BCUT2D eigenvalue weighted by atomic mass is 16.3. The molecule has 0 radical (unpaired) electrons. The van der Waals surface area contributed by atoms with Crippen LogP contribution in [0.2, 0.25) is 0 Å². The van der Waals surface area contributed by atoms with Crippen LogP contribution in [0.3, 0.4) is 0 Å². The van der Waals surface area contributed by atoms with Gasteiger partial charge in [0, 0.05) is 18.8 Å². The van der Waals surface area contributed by atoms with Gasteiger partial charge in [0.15, 0.2) is 5.57 Å². The van der Waals surface area contributed by atoms with Crippen molar-refractivity contribution in [1.29, 1.82) is 10.5 Å². The first kappa shape index (κ1) is 14.7. The predicted octanol–water partition coefficient (Wildman–Crippen LogP) is 0.473. The predicted molar refractivity (Wildman–Crippen MR) is 70.4 cm³/mol. The Kier molecular flexibility index (Phi) is 5.56. The van der Waals surface area contributed by atoms with E-state index < -0.39 is 0 Å². The maximum atomic E-state index is 9.12. The van der Waals surface area contributed by atoms with Gasteiger partial charge in [0.25, 0.3) is 0 Å². The summed E-state index contributed by atoms with van der Waals surface area (Å²) in [5, 5.41) is 35.9. The first-order chi connectivity index (χ1) is 9.19. The van der Waals surface area contributed by atoms with Gasteiger partial charge >= 0.3 is 0 Å². The lowest BCUT2D eigenvalue weighted by Gasteiger charge is -2.14. The van der Waals surface area contributed by atoms with Gasteiger partial charge in [-0.3, -0.25) is 0 Å². The molecule has 0 atom stereocenters. The Balaban J connectivity index is 3.44. The molecule has 0 heterocycles. The third-order valence-electron chi connectivity index (χ3n) is 2.80. The zero-order valence-corrected chi connectivity index (χ0v) is 10.4. The Morgan fingerprint density at radius 2 is 1.74 bits per heavy atom. The van der Waals surface area contributed by atoms with Gasteiger partial charge < -0.3 is 15.9 Å². The number of nitrogens with zero attached hydrogens (tertiary/aromatic N) is 2. The maximum absolute atomic E-state index is 9.12. The molecule has 0 fully saturated rings. The molecule has 0 saturated carbocycles. The molecule has 4 N–H and O–H groups in total. The first-order valence-electron chi connectivity index (χ1n) is 5.82. The molecule has 0 unspecified atom stereocenters. The monoisotopic (exact) mass is 257 g/mol. The van der Waals surface area contributed by atoms with Crippen LogP contribution in [0.1, 0.15) is 16.7 Å². The molecule has 0 aliphatic heterocycles. The Morgan fingerprint density at radius 1 is 1.11 bits per heavy atom. The van der Waals surface area contributed by atoms with E-state index in [2.05, 4.69) is 0 Å². The zero-order valence-electron chi connectivity index (χ0n) is 10.4. The number of allylic oxidation sites excluding steroid dienone is 1. The summed E-state index contributed by atoms with van der Waals surface area (Å²) in [5.41, 5.74) is 7.98. The molecule has 0 aliphatic carbocycles. The topological polar surface area (TPSA) is 114 Å². The molecule has 0 spiro atoms. The Bertz CT molecular complexity index is 549. The van der Waals surface area contributed by atoms with Crippen LogP contribution >= 0.6 is 0 Å². The van der Waals surface area contributed by atoms with Gasteiger partial charge in [0.1, 0.15) is 12.1 Å². The van der Waals surface area contributed by atoms with E-state index in [4.69, 9.17) is 26.5 Å². The highest BCUT2D eigenvalue weighted by Crippen LogP contribution is 2.22. The van der Waals surface area contributed by atoms with Crippen LogP contribution in [-0.4, -0.2) is 23.4 Å². The fraction of sp³-hybridized carbons (Fsp3) is 0.286. The van der Waals surface area contributed by atoms with E-state index in [0.717, 1.165) is 11.1 Å². The normalized spacial score (nSPS) is 9.47. The number of aliphatic hydroxyl groups is 2. The third kappa shape index (κ3) is 3.32. The summed E-state index contributed by atoms with van der Waals surface area (Å²) in [4.78, 5) is 0. The summed E-state index contributed by atoms with van der Waals surface area (Å²) < 4.78 is 0. The van der Waals surface area contributed by atoms with E-state index in [1.165, 1.54) is 0 Å². The van der Waals surface area contributed by atoms with Crippen molar-refractivity contribution in [2.24, 2.45) is 5.73 Å². The van der Waals surface area contributed by atoms with E-state index in [9.17, 15) is 0 Å². The standard InChI is InChI=1S/C14H15N3O2/c15-8-11(9-16)14(17)13-3-1-2-10(4-6-18)12(13)5-7-19/h1-3,18-19H,4-7,17H2. The highest BCUT2D eigenvalue weighted by Gasteiger charge is 2.13. The van der Waals surface area contributed by atoms with E-state index in [0.29, 0.717) is 18.4 Å². The fourth-order valence-corrected chi connectivity index (χ4v) is 1.93. The largest absolute Gasteiger partial charge is 0.397 e. The molecule has 1 rings (SSSR count). The zero-order chi connectivity index (χ0) is 14.3. The van der Waals surface area contributed by atoms with Gasteiger partial charge in [0.05, 0.1) is 5.70 Å². The number of hydrogen-bond donors (Lipinski definition) is 3. The lowest BCUT2D eigenvalue weighted by Crippen LogP contribution is -2.09. The second kappa shape index (κ2) is 7.17. The second-order valence-electron chi connectivity index (χ2n) is 3.90. The average Bonchev–Trinajstić information content (AvgIpc) is 2.42. The number of benzene rings is 1. The molecule has 1 aromatic carbocycles. The van der Waals surface area contributed by atoms with Gasteiger partial charge in [-0.05, 0) is 24.0 Å². The molecule has 0 aliphatic rings. The van der Waals surface area contributed by atoms with Crippen molar-refractivity contribution < 1.29 is 10.2 Å². The summed E-state index contributed by atoms with van der Waals surface area (Å²) in [6.07, 6.45) is 0.793. The van der Waals surface area contributed by atoms with Crippen LogP contribution in [0.15, 0.2) is 23.8 Å². The lowest BCUT2D eigenvalue weighted by molar-refractivity contribution is 0.293. The Morgan fingerprint density at radius 3 is 2.26 bits per heavy atom. The van der Waals surface area contributed by atoms with E-state index in [1.54, 1.807) is 24.3 Å². The van der Waals surface area contributed by atoms with Crippen LogP contribution < -0.4 is 5.73 Å². The summed E-state index contributed by atoms with van der Waals surface area (Å²) in [6.45, 7) is -0.0912. The van der Waals surface area contributed by atoms with Crippen molar-refractivity contribution in [3.63, 3.8) is 0 Å². The van der Waals surface area contributed by atoms with Crippen molar-refractivity contribution in [1.82, 2.24) is 0 Å². The van der Waals surface area contributed by atoms with Crippen LogP contribution in [0.5, 0.6) is 0 Å². The van der Waals surface area contributed by atoms with E-state index >= 15 is 0 Å². The molecule has 0 aromatic heterocycles. The van der Waals surface area contributed by atoms with Crippen LogP contribution in [0, 0.1) is 22.7 Å². The number of rotatable bonds is 5. The van der Waals surface area contributed by atoms with Crippen molar-refractivity contribution in [2.45, 2.75) is 12.8 Å². The maximum Gasteiger partial charge on any atom is 0.153 e. The summed E-state index contributed by atoms with van der Waals surface area (Å²) in [5.74, 6) is 0. The van der Waals surface area contributed by atoms with Crippen LogP contribution in [0.4, 0.5) is 0 Å². The van der Waals surface area contributed by atoms with Gasteiger partial charge in [0.2, 0.25) is 0 Å². The number of nitrogens with two attached hydrogens (primary N) is 1. The van der Waals surface area contributed by atoms with Crippen molar-refractivity contribution in [2.75, 3.05) is 13.2 Å².